The Labute approximate surface area is 155 Å². The van der Waals surface area contributed by atoms with Crippen molar-refractivity contribution in [2.45, 2.75) is 25.7 Å². The van der Waals surface area contributed by atoms with Crippen LogP contribution in [0, 0.1) is 0 Å². The molecule has 1 N–H and O–H groups in total. The number of nitrogens with zero attached hydrogens (tertiary/aromatic N) is 4. The van der Waals surface area contributed by atoms with Crippen molar-refractivity contribution in [2.24, 2.45) is 0 Å². The van der Waals surface area contributed by atoms with Crippen LogP contribution >= 0.6 is 23.2 Å². The highest BCUT2D eigenvalue weighted by Gasteiger charge is 2.05. The Morgan fingerprint density at radius 2 is 2.00 bits per heavy atom. The Kier molecular flexibility index (Phi) is 5.83. The van der Waals surface area contributed by atoms with E-state index in [4.69, 9.17) is 23.2 Å². The first-order valence-electron chi connectivity index (χ1n) is 7.97. The zero-order valence-electron chi connectivity index (χ0n) is 13.5. The summed E-state index contributed by atoms with van der Waals surface area (Å²) in [5.74, 6) is 0.607. The second kappa shape index (κ2) is 8.27. The zero-order chi connectivity index (χ0) is 17.6. The average Bonchev–Trinajstić information content (AvgIpc) is 3.07. The van der Waals surface area contributed by atoms with Crippen LogP contribution in [0.2, 0.25) is 10.0 Å². The molecule has 3 aromatic rings. The molecule has 0 aliphatic carbocycles. The molecule has 0 saturated carbocycles. The summed E-state index contributed by atoms with van der Waals surface area (Å²) in [6, 6.07) is 5.43. The van der Waals surface area contributed by atoms with Crippen LogP contribution < -0.4 is 5.32 Å². The average molecular weight is 378 g/mol. The summed E-state index contributed by atoms with van der Waals surface area (Å²) >= 11 is 11.9. The van der Waals surface area contributed by atoms with Crippen LogP contribution in [0.25, 0.3) is 5.78 Å². The first-order valence-corrected chi connectivity index (χ1v) is 8.72. The number of hydrogen-bond donors (Lipinski definition) is 1. The van der Waals surface area contributed by atoms with E-state index in [9.17, 15) is 4.79 Å². The van der Waals surface area contributed by atoms with E-state index in [1.165, 1.54) is 6.33 Å². The third-order valence-electron chi connectivity index (χ3n) is 3.78. The molecule has 2 aromatic heterocycles. The van der Waals surface area contributed by atoms with Gasteiger partial charge in [0, 0.05) is 25.4 Å². The summed E-state index contributed by atoms with van der Waals surface area (Å²) < 4.78 is 1.64. The summed E-state index contributed by atoms with van der Waals surface area (Å²) in [6.07, 6.45) is 7.87. The van der Waals surface area contributed by atoms with Crippen molar-refractivity contribution in [3.63, 3.8) is 0 Å². The lowest BCUT2D eigenvalue weighted by molar-refractivity contribution is -0.121. The van der Waals surface area contributed by atoms with E-state index in [0.29, 0.717) is 35.2 Å². The molecule has 25 heavy (non-hydrogen) atoms. The molecule has 0 saturated heterocycles. The van der Waals surface area contributed by atoms with Crippen molar-refractivity contribution in [1.29, 1.82) is 0 Å². The maximum atomic E-state index is 11.9. The molecule has 3 rings (SSSR count). The maximum Gasteiger partial charge on any atom is 0.252 e. The molecule has 2 heterocycles. The molecule has 0 spiro atoms. The molecule has 0 aliphatic heterocycles. The first kappa shape index (κ1) is 17.6. The minimum Gasteiger partial charge on any atom is -0.356 e. The van der Waals surface area contributed by atoms with Crippen LogP contribution in [0.5, 0.6) is 0 Å². The predicted octanol–water partition coefficient (Wildman–Crippen LogP) is 3.11. The van der Waals surface area contributed by atoms with E-state index in [-0.39, 0.29) is 5.91 Å². The highest BCUT2D eigenvalue weighted by atomic mass is 35.5. The number of aromatic nitrogens is 4. The number of amides is 1. The SMILES string of the molecule is O=C(CCc1ccc(Cl)c(Cl)c1)NCCCc1cnc2ncnn2c1. The van der Waals surface area contributed by atoms with E-state index >= 15 is 0 Å². The quantitative estimate of drug-likeness (QED) is 0.642. The molecule has 6 nitrogen and oxygen atoms in total. The number of fused-ring (bicyclic) bond motifs is 1. The van der Waals surface area contributed by atoms with Crippen LogP contribution in [-0.2, 0) is 17.6 Å². The minimum absolute atomic E-state index is 0.0240. The summed E-state index contributed by atoms with van der Waals surface area (Å²) in [4.78, 5) is 20.1. The van der Waals surface area contributed by atoms with Gasteiger partial charge in [0.25, 0.3) is 5.78 Å². The van der Waals surface area contributed by atoms with Crippen molar-refractivity contribution < 1.29 is 4.79 Å². The van der Waals surface area contributed by atoms with Gasteiger partial charge in [-0.15, -0.1) is 0 Å². The number of nitrogens with one attached hydrogen (secondary N) is 1. The highest BCUT2D eigenvalue weighted by molar-refractivity contribution is 6.42. The second-order valence-corrected chi connectivity index (χ2v) is 6.48. The largest absolute Gasteiger partial charge is 0.356 e. The molecule has 0 aliphatic rings. The van der Waals surface area contributed by atoms with Gasteiger partial charge in [-0.25, -0.2) is 9.50 Å². The standard InChI is InChI=1S/C17H17Cl2N5O/c18-14-5-3-12(8-15(14)19)4-6-16(25)20-7-1-2-13-9-21-17-22-11-23-24(17)10-13/h3,5,8-11H,1-2,4,6-7H2,(H,20,25). The Balaban J connectivity index is 1.38. The number of aryl methyl sites for hydroxylation is 2. The second-order valence-electron chi connectivity index (χ2n) is 5.67. The number of rotatable bonds is 7. The number of benzene rings is 1. The summed E-state index contributed by atoms with van der Waals surface area (Å²) in [5.41, 5.74) is 2.06. The highest BCUT2D eigenvalue weighted by Crippen LogP contribution is 2.23. The molecule has 1 amide bonds. The minimum atomic E-state index is 0.0240. The fourth-order valence-electron chi connectivity index (χ4n) is 2.45. The maximum absolute atomic E-state index is 11.9. The molecule has 0 radical (unpaired) electrons. The van der Waals surface area contributed by atoms with Crippen LogP contribution in [-0.4, -0.2) is 32.0 Å². The fraction of sp³-hybridized carbons (Fsp3) is 0.294. The first-order chi connectivity index (χ1) is 12.1. The van der Waals surface area contributed by atoms with Gasteiger partial charge in [-0.2, -0.15) is 10.1 Å². The van der Waals surface area contributed by atoms with Gasteiger partial charge in [0.15, 0.2) is 0 Å². The van der Waals surface area contributed by atoms with E-state index in [1.807, 2.05) is 12.3 Å². The third kappa shape index (κ3) is 4.90. The van der Waals surface area contributed by atoms with Gasteiger partial charge in [-0.05, 0) is 42.5 Å². The van der Waals surface area contributed by atoms with E-state index in [0.717, 1.165) is 24.0 Å². The van der Waals surface area contributed by atoms with Gasteiger partial charge in [-0.1, -0.05) is 29.3 Å². The van der Waals surface area contributed by atoms with E-state index in [2.05, 4.69) is 20.4 Å². The summed E-state index contributed by atoms with van der Waals surface area (Å²) in [5, 5.41) is 8.02. The lowest BCUT2D eigenvalue weighted by Crippen LogP contribution is -2.25. The molecular formula is C17H17Cl2N5O. The normalized spacial score (nSPS) is 11.0. The van der Waals surface area contributed by atoms with Gasteiger partial charge >= 0.3 is 0 Å². The predicted molar refractivity (Wildman–Crippen MR) is 96.9 cm³/mol. The van der Waals surface area contributed by atoms with E-state index in [1.54, 1.807) is 22.8 Å². The van der Waals surface area contributed by atoms with E-state index < -0.39 is 0 Å². The van der Waals surface area contributed by atoms with Crippen LogP contribution in [0.4, 0.5) is 0 Å². The van der Waals surface area contributed by atoms with Crippen LogP contribution in [0.15, 0.2) is 36.9 Å². The number of hydrogen-bond acceptors (Lipinski definition) is 4. The summed E-state index contributed by atoms with van der Waals surface area (Å²) in [7, 11) is 0. The molecule has 0 atom stereocenters. The van der Waals surface area contributed by atoms with Gasteiger partial charge in [-0.3, -0.25) is 4.79 Å². The molecule has 0 unspecified atom stereocenters. The molecule has 1 aromatic carbocycles. The van der Waals surface area contributed by atoms with Gasteiger partial charge < -0.3 is 5.32 Å². The Bertz CT molecular complexity index is 880. The van der Waals surface area contributed by atoms with Gasteiger partial charge in [0.1, 0.15) is 6.33 Å². The van der Waals surface area contributed by atoms with Gasteiger partial charge in [0.2, 0.25) is 5.91 Å². The Morgan fingerprint density at radius 1 is 1.12 bits per heavy atom. The number of carbonyl (C=O) groups is 1. The van der Waals surface area contributed by atoms with Crippen molar-refractivity contribution in [2.75, 3.05) is 6.54 Å². The fourth-order valence-corrected chi connectivity index (χ4v) is 2.77. The van der Waals surface area contributed by atoms with Crippen molar-refractivity contribution in [3.05, 3.63) is 58.1 Å². The zero-order valence-corrected chi connectivity index (χ0v) is 15.0. The molecule has 8 heteroatoms. The van der Waals surface area contributed by atoms with Crippen molar-refractivity contribution in [3.8, 4) is 0 Å². The number of halogens is 2. The van der Waals surface area contributed by atoms with Crippen LogP contribution in [0.1, 0.15) is 24.0 Å². The lowest BCUT2D eigenvalue weighted by Gasteiger charge is -2.06. The van der Waals surface area contributed by atoms with Gasteiger partial charge in [0.05, 0.1) is 10.0 Å². The smallest absolute Gasteiger partial charge is 0.252 e. The molecule has 0 bridgehead atoms. The third-order valence-corrected chi connectivity index (χ3v) is 4.52. The van der Waals surface area contributed by atoms with Crippen molar-refractivity contribution >= 4 is 34.9 Å². The Hall–Kier alpha value is -2.18. The molecular weight excluding hydrogens is 361 g/mol. The van der Waals surface area contributed by atoms with Crippen molar-refractivity contribution in [1.82, 2.24) is 24.9 Å². The monoisotopic (exact) mass is 377 g/mol. The Morgan fingerprint density at radius 3 is 2.84 bits per heavy atom. The molecule has 0 fully saturated rings. The number of carbonyl (C=O) groups excluding carboxylic acids is 1. The summed E-state index contributed by atoms with van der Waals surface area (Å²) in [6.45, 7) is 0.621. The lowest BCUT2D eigenvalue weighted by atomic mass is 10.1. The van der Waals surface area contributed by atoms with Crippen LogP contribution in [0.3, 0.4) is 0 Å². The molecule has 130 valence electrons. The topological polar surface area (TPSA) is 72.2 Å².